The minimum atomic E-state index is -0.961. The molecule has 1 N–H and O–H groups in total. The van der Waals surface area contributed by atoms with E-state index in [1.807, 2.05) is 32.0 Å². The molecule has 3 rings (SSSR count). The van der Waals surface area contributed by atoms with E-state index in [4.69, 9.17) is 4.74 Å². The summed E-state index contributed by atoms with van der Waals surface area (Å²) in [5.41, 5.74) is 6.17. The number of carbonyl (C=O) groups excluding carboxylic acids is 1. The molecule has 1 aliphatic rings. The Morgan fingerprint density at radius 2 is 1.90 bits per heavy atom. The highest BCUT2D eigenvalue weighted by molar-refractivity contribution is 6.01. The van der Waals surface area contributed by atoms with Gasteiger partial charge in [-0.3, -0.25) is 14.9 Å². The van der Waals surface area contributed by atoms with E-state index in [2.05, 4.69) is 23.2 Å². The van der Waals surface area contributed by atoms with Crippen LogP contribution >= 0.6 is 0 Å². The summed E-state index contributed by atoms with van der Waals surface area (Å²) in [4.78, 5) is 23.4. The maximum absolute atomic E-state index is 13.0. The van der Waals surface area contributed by atoms with Crippen molar-refractivity contribution in [2.75, 3.05) is 0 Å². The molecule has 0 saturated heterocycles. The molecule has 1 aliphatic carbocycles. The smallest absolute Gasteiger partial charge is 0.285 e. The van der Waals surface area contributed by atoms with Crippen molar-refractivity contribution in [1.29, 1.82) is 0 Å². The van der Waals surface area contributed by atoms with Gasteiger partial charge in [-0.25, -0.2) is 5.43 Å². The number of ether oxygens (including phenoxy) is 1. The molecule has 7 heteroatoms. The third kappa shape index (κ3) is 5.66. The van der Waals surface area contributed by atoms with Gasteiger partial charge in [0.25, 0.3) is 11.6 Å². The number of non-ortho nitro benzene ring substituents is 1. The number of hydrogen-bond donors (Lipinski definition) is 1. The first-order chi connectivity index (χ1) is 14.8. The number of benzene rings is 2. The number of nitro benzene ring substituents is 1. The zero-order valence-electron chi connectivity index (χ0n) is 17.6. The predicted molar refractivity (Wildman–Crippen MR) is 120 cm³/mol. The van der Waals surface area contributed by atoms with Crippen LogP contribution in [0.2, 0.25) is 0 Å². The molecule has 2 aromatic rings. The lowest BCUT2D eigenvalue weighted by Crippen LogP contribution is -2.30. The van der Waals surface area contributed by atoms with E-state index < -0.39 is 16.9 Å². The zero-order chi connectivity index (χ0) is 22.4. The van der Waals surface area contributed by atoms with Gasteiger partial charge < -0.3 is 4.74 Å². The Morgan fingerprint density at radius 3 is 2.52 bits per heavy atom. The van der Waals surface area contributed by atoms with Gasteiger partial charge in [-0.15, -0.1) is 0 Å². The first kappa shape index (κ1) is 22.0. The van der Waals surface area contributed by atoms with E-state index in [0.29, 0.717) is 17.2 Å². The van der Waals surface area contributed by atoms with Crippen molar-refractivity contribution in [3.05, 3.63) is 94.1 Å². The largest absolute Gasteiger partial charge is 0.476 e. The second-order valence-electron chi connectivity index (χ2n) is 7.56. The molecule has 0 heterocycles. The van der Waals surface area contributed by atoms with E-state index in [9.17, 15) is 14.9 Å². The Morgan fingerprint density at radius 1 is 1.23 bits per heavy atom. The van der Waals surface area contributed by atoms with Crippen LogP contribution in [-0.2, 0) is 4.79 Å². The fourth-order valence-electron chi connectivity index (χ4n) is 3.29. The van der Waals surface area contributed by atoms with Crippen LogP contribution in [0.5, 0.6) is 5.75 Å². The van der Waals surface area contributed by atoms with Crippen molar-refractivity contribution >= 4 is 17.3 Å². The summed E-state index contributed by atoms with van der Waals surface area (Å²) >= 11 is 0. The van der Waals surface area contributed by atoms with Crippen LogP contribution in [0.1, 0.15) is 38.4 Å². The molecule has 31 heavy (non-hydrogen) atoms. The molecule has 0 bridgehead atoms. The molecule has 1 amide bonds. The maximum Gasteiger partial charge on any atom is 0.285 e. The van der Waals surface area contributed by atoms with Crippen molar-refractivity contribution in [2.24, 2.45) is 11.0 Å². The fourth-order valence-corrected chi connectivity index (χ4v) is 3.29. The number of nitrogens with zero attached hydrogens (tertiary/aromatic N) is 2. The van der Waals surface area contributed by atoms with E-state index in [-0.39, 0.29) is 5.69 Å². The molecule has 0 aromatic heterocycles. The van der Waals surface area contributed by atoms with Gasteiger partial charge in [-0.2, -0.15) is 5.10 Å². The van der Waals surface area contributed by atoms with Crippen LogP contribution in [0, 0.1) is 16.0 Å². The van der Waals surface area contributed by atoms with E-state index >= 15 is 0 Å². The molecule has 160 valence electrons. The standard InChI is InChI=1S/C24H25N3O4/c1-16(2)19-10-9-17(3)22(15-19)25-26-24(28)23(18-7-5-4-6-8-18)31-21-13-11-20(12-14-21)27(29)30/h4-9,11-14,19,23H,1,10,15H2,2-3H3,(H,26,28)/b25-22-. The summed E-state index contributed by atoms with van der Waals surface area (Å²) in [5.74, 6) is 0.223. The SMILES string of the molecule is C=C(C)C1CC=C(C)/C(=N\NC(=O)C(Oc2ccc([N+](=O)[O-])cc2)c2ccccc2)C1. The van der Waals surface area contributed by atoms with Crippen LogP contribution in [0.3, 0.4) is 0 Å². The van der Waals surface area contributed by atoms with Crippen molar-refractivity contribution < 1.29 is 14.5 Å². The highest BCUT2D eigenvalue weighted by atomic mass is 16.6. The van der Waals surface area contributed by atoms with Crippen molar-refractivity contribution in [2.45, 2.75) is 32.8 Å². The number of rotatable bonds is 7. The van der Waals surface area contributed by atoms with Gasteiger partial charge in [0.15, 0.2) is 0 Å². The number of hydrazone groups is 1. The van der Waals surface area contributed by atoms with Gasteiger partial charge in [0.2, 0.25) is 6.10 Å². The van der Waals surface area contributed by atoms with Crippen LogP contribution in [0.4, 0.5) is 5.69 Å². The molecule has 0 fully saturated rings. The van der Waals surface area contributed by atoms with E-state index in [1.165, 1.54) is 24.3 Å². The molecule has 2 atom stereocenters. The van der Waals surface area contributed by atoms with Gasteiger partial charge in [0.1, 0.15) is 5.75 Å². The van der Waals surface area contributed by atoms with Gasteiger partial charge in [-0.1, -0.05) is 48.6 Å². The molecule has 0 radical (unpaired) electrons. The van der Waals surface area contributed by atoms with Gasteiger partial charge in [-0.05, 0) is 50.3 Å². The second-order valence-corrected chi connectivity index (χ2v) is 7.56. The average Bonchev–Trinajstić information content (AvgIpc) is 2.77. The molecular formula is C24H25N3O4. The third-order valence-corrected chi connectivity index (χ3v) is 5.24. The molecule has 0 aliphatic heterocycles. The molecule has 2 unspecified atom stereocenters. The highest BCUT2D eigenvalue weighted by Gasteiger charge is 2.24. The Hall–Kier alpha value is -3.74. The van der Waals surface area contributed by atoms with Gasteiger partial charge >= 0.3 is 0 Å². The lowest BCUT2D eigenvalue weighted by Gasteiger charge is -2.23. The Labute approximate surface area is 181 Å². The number of nitro groups is 1. The maximum atomic E-state index is 13.0. The van der Waals surface area contributed by atoms with Crippen LogP contribution in [0.25, 0.3) is 0 Å². The topological polar surface area (TPSA) is 93.8 Å². The van der Waals surface area contributed by atoms with E-state index in [0.717, 1.165) is 29.7 Å². The summed E-state index contributed by atoms with van der Waals surface area (Å²) in [6.07, 6.45) is 2.79. The summed E-state index contributed by atoms with van der Waals surface area (Å²) in [6.45, 7) is 8.00. The van der Waals surface area contributed by atoms with Crippen molar-refractivity contribution in [1.82, 2.24) is 5.43 Å². The molecule has 7 nitrogen and oxygen atoms in total. The van der Waals surface area contributed by atoms with E-state index in [1.54, 1.807) is 12.1 Å². The average molecular weight is 419 g/mol. The lowest BCUT2D eigenvalue weighted by atomic mass is 9.85. The molecule has 2 aromatic carbocycles. The minimum absolute atomic E-state index is 0.0499. The first-order valence-corrected chi connectivity index (χ1v) is 10.00. The second kappa shape index (κ2) is 9.84. The van der Waals surface area contributed by atoms with Crippen molar-refractivity contribution in [3.8, 4) is 5.75 Å². The first-order valence-electron chi connectivity index (χ1n) is 10.00. The normalized spacial score (nSPS) is 18.1. The lowest BCUT2D eigenvalue weighted by molar-refractivity contribution is -0.384. The number of hydrogen-bond acceptors (Lipinski definition) is 5. The Balaban J connectivity index is 1.80. The zero-order valence-corrected chi connectivity index (χ0v) is 17.6. The molecule has 0 spiro atoms. The van der Waals surface area contributed by atoms with Crippen LogP contribution in [-0.4, -0.2) is 16.5 Å². The minimum Gasteiger partial charge on any atom is -0.476 e. The summed E-state index contributed by atoms with van der Waals surface area (Å²) in [6, 6.07) is 14.7. The summed E-state index contributed by atoms with van der Waals surface area (Å²) in [7, 11) is 0. The highest BCUT2D eigenvalue weighted by Crippen LogP contribution is 2.27. The van der Waals surface area contributed by atoms with Gasteiger partial charge in [0.05, 0.1) is 10.6 Å². The quantitative estimate of drug-likeness (QED) is 0.383. The summed E-state index contributed by atoms with van der Waals surface area (Å²) < 4.78 is 5.89. The number of carbonyl (C=O) groups is 1. The summed E-state index contributed by atoms with van der Waals surface area (Å²) in [5, 5.41) is 15.2. The number of amides is 1. The van der Waals surface area contributed by atoms with Crippen LogP contribution in [0.15, 0.2) is 83.5 Å². The predicted octanol–water partition coefficient (Wildman–Crippen LogP) is 5.12. The van der Waals surface area contributed by atoms with Crippen LogP contribution < -0.4 is 10.2 Å². The molecular weight excluding hydrogens is 394 g/mol. The number of allylic oxidation sites excluding steroid dienone is 3. The van der Waals surface area contributed by atoms with Crippen molar-refractivity contribution in [3.63, 3.8) is 0 Å². The van der Waals surface area contributed by atoms with Gasteiger partial charge in [0, 0.05) is 17.7 Å². The monoisotopic (exact) mass is 419 g/mol. The Bertz CT molecular complexity index is 1030. The third-order valence-electron chi connectivity index (χ3n) is 5.24. The fraction of sp³-hybridized carbons (Fsp3) is 0.250. The Kier molecular flexibility index (Phi) is 6.97. The molecule has 0 saturated carbocycles. The number of nitrogens with one attached hydrogen (secondary N) is 1.